The monoisotopic (exact) mass is 253 g/mol. The van der Waals surface area contributed by atoms with Crippen molar-refractivity contribution in [3.8, 4) is 0 Å². The molecule has 6 nitrogen and oxygen atoms in total. The minimum Gasteiger partial charge on any atom is -0.392 e. The summed E-state index contributed by atoms with van der Waals surface area (Å²) in [5.41, 5.74) is -0.0557. The lowest BCUT2D eigenvalue weighted by atomic mass is 10.1. The van der Waals surface area contributed by atoms with Crippen molar-refractivity contribution < 1.29 is 9.90 Å². The summed E-state index contributed by atoms with van der Waals surface area (Å²) in [6.07, 6.45) is -0.656. The zero-order valence-electron chi connectivity index (χ0n) is 11.1. The van der Waals surface area contributed by atoms with E-state index < -0.39 is 17.6 Å². The molecule has 0 aliphatic carbocycles. The molecule has 0 aliphatic rings. The summed E-state index contributed by atoms with van der Waals surface area (Å²) in [7, 11) is 0. The summed E-state index contributed by atoms with van der Waals surface area (Å²) >= 11 is 0. The first kappa shape index (κ1) is 14.4. The number of nitrogens with one attached hydrogen (secondary N) is 2. The summed E-state index contributed by atoms with van der Waals surface area (Å²) in [5, 5.41) is 11.6. The lowest BCUT2D eigenvalue weighted by Gasteiger charge is -2.10. The maximum absolute atomic E-state index is 11.8. The average molecular weight is 253 g/mol. The number of aliphatic hydroxyl groups excluding tert-OH is 1. The Morgan fingerprint density at radius 3 is 2.50 bits per heavy atom. The van der Waals surface area contributed by atoms with Gasteiger partial charge < -0.3 is 15.4 Å². The predicted molar refractivity (Wildman–Crippen MR) is 67.7 cm³/mol. The second kappa shape index (κ2) is 5.77. The van der Waals surface area contributed by atoms with Gasteiger partial charge in [-0.25, -0.2) is 4.98 Å². The van der Waals surface area contributed by atoms with Crippen molar-refractivity contribution in [2.45, 2.75) is 39.7 Å². The van der Waals surface area contributed by atoms with Gasteiger partial charge in [0.25, 0.3) is 11.5 Å². The fraction of sp³-hybridized carbons (Fsp3) is 0.583. The predicted octanol–water partition coefficient (Wildman–Crippen LogP) is 0.312. The molecular formula is C12H19N3O3. The highest BCUT2D eigenvalue weighted by Crippen LogP contribution is 2.08. The van der Waals surface area contributed by atoms with Crippen LogP contribution < -0.4 is 10.9 Å². The van der Waals surface area contributed by atoms with E-state index in [9.17, 15) is 9.59 Å². The fourth-order valence-electron chi connectivity index (χ4n) is 1.48. The van der Waals surface area contributed by atoms with Crippen LogP contribution in [0, 0.1) is 6.92 Å². The van der Waals surface area contributed by atoms with E-state index in [1.54, 1.807) is 13.8 Å². The van der Waals surface area contributed by atoms with Gasteiger partial charge in [-0.2, -0.15) is 0 Å². The fourth-order valence-corrected chi connectivity index (χ4v) is 1.48. The second-order valence-electron chi connectivity index (χ2n) is 4.63. The quantitative estimate of drug-likeness (QED) is 0.719. The molecule has 0 saturated carbocycles. The van der Waals surface area contributed by atoms with Gasteiger partial charge in [0.05, 0.1) is 11.8 Å². The van der Waals surface area contributed by atoms with E-state index in [1.807, 2.05) is 13.8 Å². The Bertz CT molecular complexity index is 492. The first-order valence-electron chi connectivity index (χ1n) is 5.90. The number of aliphatic hydroxyl groups is 1. The number of carbonyl (C=O) groups excluding carboxylic acids is 1. The van der Waals surface area contributed by atoms with Gasteiger partial charge in [0, 0.05) is 12.5 Å². The molecule has 0 bridgehead atoms. The van der Waals surface area contributed by atoms with Crippen molar-refractivity contribution in [3.63, 3.8) is 0 Å². The Morgan fingerprint density at radius 1 is 1.44 bits per heavy atom. The summed E-state index contributed by atoms with van der Waals surface area (Å²) < 4.78 is 0. The summed E-state index contributed by atoms with van der Waals surface area (Å²) in [5.74, 6) is 0.132. The van der Waals surface area contributed by atoms with Crippen LogP contribution in [0.2, 0.25) is 0 Å². The van der Waals surface area contributed by atoms with Gasteiger partial charge in [0.2, 0.25) is 0 Å². The van der Waals surface area contributed by atoms with Crippen LogP contribution in [0.1, 0.15) is 48.6 Å². The molecule has 0 unspecified atom stereocenters. The molecule has 18 heavy (non-hydrogen) atoms. The Labute approximate surface area is 105 Å². The number of aryl methyl sites for hydroxylation is 1. The summed E-state index contributed by atoms with van der Waals surface area (Å²) in [6.45, 7) is 7.09. The maximum Gasteiger partial charge on any atom is 0.264 e. The van der Waals surface area contributed by atoms with Crippen molar-refractivity contribution in [1.29, 1.82) is 0 Å². The number of hydrogen-bond acceptors (Lipinski definition) is 4. The topological polar surface area (TPSA) is 95.1 Å². The number of aromatic amines is 1. The van der Waals surface area contributed by atoms with E-state index in [1.165, 1.54) is 0 Å². The second-order valence-corrected chi connectivity index (χ2v) is 4.63. The molecule has 0 fully saturated rings. The summed E-state index contributed by atoms with van der Waals surface area (Å²) in [4.78, 5) is 30.4. The molecule has 1 aromatic rings. The molecule has 1 aromatic heterocycles. The number of aromatic nitrogens is 2. The van der Waals surface area contributed by atoms with Crippen LogP contribution in [-0.2, 0) is 0 Å². The van der Waals surface area contributed by atoms with Crippen molar-refractivity contribution >= 4 is 5.91 Å². The van der Waals surface area contributed by atoms with Gasteiger partial charge in [-0.3, -0.25) is 9.59 Å². The molecule has 0 saturated heterocycles. The normalized spacial score (nSPS) is 12.6. The lowest BCUT2D eigenvalue weighted by molar-refractivity contribution is 0.0921. The van der Waals surface area contributed by atoms with E-state index in [0.29, 0.717) is 11.5 Å². The number of rotatable bonds is 4. The minimum atomic E-state index is -0.656. The molecule has 1 amide bonds. The molecule has 1 rings (SSSR count). The zero-order chi connectivity index (χ0) is 13.9. The number of amides is 1. The van der Waals surface area contributed by atoms with E-state index in [2.05, 4.69) is 15.3 Å². The van der Waals surface area contributed by atoms with Crippen LogP contribution in [0.15, 0.2) is 4.79 Å². The van der Waals surface area contributed by atoms with Gasteiger partial charge >= 0.3 is 0 Å². The molecule has 6 heteroatoms. The van der Waals surface area contributed by atoms with Gasteiger partial charge in [-0.15, -0.1) is 0 Å². The molecule has 0 aliphatic heterocycles. The Morgan fingerprint density at radius 2 is 2.06 bits per heavy atom. The van der Waals surface area contributed by atoms with Crippen LogP contribution in [0.4, 0.5) is 0 Å². The Balaban J connectivity index is 3.03. The maximum atomic E-state index is 11.8. The van der Waals surface area contributed by atoms with Crippen molar-refractivity contribution in [2.75, 3.05) is 6.54 Å². The molecule has 3 N–H and O–H groups in total. The number of hydrogen-bond donors (Lipinski definition) is 3. The zero-order valence-corrected chi connectivity index (χ0v) is 11.1. The highest BCUT2D eigenvalue weighted by molar-refractivity contribution is 5.94. The highest BCUT2D eigenvalue weighted by Gasteiger charge is 2.17. The van der Waals surface area contributed by atoms with Crippen LogP contribution in [0.25, 0.3) is 0 Å². The molecule has 0 aromatic carbocycles. The largest absolute Gasteiger partial charge is 0.392 e. The van der Waals surface area contributed by atoms with E-state index in [0.717, 1.165) is 0 Å². The molecule has 0 spiro atoms. The van der Waals surface area contributed by atoms with Gasteiger partial charge in [-0.1, -0.05) is 13.8 Å². The van der Waals surface area contributed by atoms with Crippen LogP contribution >= 0.6 is 0 Å². The third kappa shape index (κ3) is 3.40. The van der Waals surface area contributed by atoms with Crippen molar-refractivity contribution in [1.82, 2.24) is 15.3 Å². The van der Waals surface area contributed by atoms with E-state index in [4.69, 9.17) is 5.11 Å². The molecule has 100 valence electrons. The SMILES string of the molecule is Cc1nc(C(C)C)[nH]c(=O)c1C(=O)NC[C@H](C)O. The third-order valence-corrected chi connectivity index (χ3v) is 2.45. The van der Waals surface area contributed by atoms with E-state index >= 15 is 0 Å². The van der Waals surface area contributed by atoms with Crippen molar-refractivity contribution in [2.24, 2.45) is 0 Å². The van der Waals surface area contributed by atoms with Crippen LogP contribution in [0.3, 0.4) is 0 Å². The molecule has 0 radical (unpaired) electrons. The Hall–Kier alpha value is -1.69. The first-order chi connectivity index (χ1) is 8.32. The average Bonchev–Trinajstić information content (AvgIpc) is 2.25. The highest BCUT2D eigenvalue weighted by atomic mass is 16.3. The van der Waals surface area contributed by atoms with Crippen LogP contribution in [-0.4, -0.2) is 33.6 Å². The minimum absolute atomic E-state index is 0.0000463. The molecule has 1 heterocycles. The third-order valence-electron chi connectivity index (χ3n) is 2.45. The van der Waals surface area contributed by atoms with Gasteiger partial charge in [-0.05, 0) is 13.8 Å². The number of H-pyrrole nitrogens is 1. The van der Waals surface area contributed by atoms with Gasteiger partial charge in [0.15, 0.2) is 0 Å². The first-order valence-corrected chi connectivity index (χ1v) is 5.90. The Kier molecular flexibility index (Phi) is 4.61. The molecule has 1 atom stereocenters. The lowest BCUT2D eigenvalue weighted by Crippen LogP contribution is -2.35. The van der Waals surface area contributed by atoms with Crippen molar-refractivity contribution in [3.05, 3.63) is 27.4 Å². The van der Waals surface area contributed by atoms with E-state index in [-0.39, 0.29) is 18.0 Å². The molecular weight excluding hydrogens is 234 g/mol. The summed E-state index contributed by atoms with van der Waals surface area (Å²) in [6, 6.07) is 0. The number of nitrogens with zero attached hydrogens (tertiary/aromatic N) is 1. The van der Waals surface area contributed by atoms with Gasteiger partial charge in [0.1, 0.15) is 11.4 Å². The smallest absolute Gasteiger partial charge is 0.264 e. The number of carbonyl (C=O) groups is 1. The van der Waals surface area contributed by atoms with Crippen LogP contribution in [0.5, 0.6) is 0 Å². The standard InChI is InChI=1S/C12H19N3O3/c1-6(2)10-14-8(4)9(12(18)15-10)11(17)13-5-7(3)16/h6-7,16H,5H2,1-4H3,(H,13,17)(H,14,15,18)/t7-/m0/s1.